The Morgan fingerprint density at radius 1 is 0.958 bits per heavy atom. The van der Waals surface area contributed by atoms with Crippen molar-refractivity contribution in [3.63, 3.8) is 0 Å². The van der Waals surface area contributed by atoms with Crippen LogP contribution in [0.4, 0.5) is 22.0 Å². The first kappa shape index (κ1) is 14.1. The minimum absolute atomic E-state index is 0.0132. The topological polar surface area (TPSA) is 89.9 Å². The molecule has 0 fully saturated rings. The van der Waals surface area contributed by atoms with Crippen LogP contribution in [-0.4, -0.2) is 15.0 Å². The van der Waals surface area contributed by atoms with Crippen molar-refractivity contribution in [1.29, 1.82) is 0 Å². The molecule has 2 aromatic carbocycles. The lowest BCUT2D eigenvalue weighted by Gasteiger charge is -2.07. The number of hydrogen-bond acceptors (Lipinski definition) is 6. The average molecular weight is 321 g/mol. The van der Waals surface area contributed by atoms with Gasteiger partial charge < -0.3 is 15.5 Å². The number of nitrogen functional groups attached to an aromatic ring is 1. The zero-order chi connectivity index (χ0) is 16.5. The summed E-state index contributed by atoms with van der Waals surface area (Å²) in [4.78, 5) is 12.3. The Bertz CT molecular complexity index is 997. The van der Waals surface area contributed by atoms with E-state index in [1.54, 1.807) is 18.2 Å². The molecule has 6 nitrogen and oxygen atoms in total. The van der Waals surface area contributed by atoms with Gasteiger partial charge in [-0.15, -0.1) is 0 Å². The molecule has 0 aliphatic rings. The molecule has 7 heteroatoms. The molecule has 0 radical (unpaired) electrons. The maximum Gasteiger partial charge on any atom is 0.232 e. The summed E-state index contributed by atoms with van der Waals surface area (Å²) in [5, 5.41) is 3.72. The van der Waals surface area contributed by atoms with Crippen LogP contribution in [0.2, 0.25) is 0 Å². The van der Waals surface area contributed by atoms with E-state index in [0.717, 1.165) is 11.0 Å². The maximum absolute atomic E-state index is 13.8. The minimum atomic E-state index is -0.415. The lowest BCUT2D eigenvalue weighted by molar-refractivity contribution is 0.624. The van der Waals surface area contributed by atoms with Crippen molar-refractivity contribution >= 4 is 28.6 Å². The summed E-state index contributed by atoms with van der Waals surface area (Å²) in [6.45, 7) is 0. The molecular weight excluding hydrogens is 309 g/mol. The van der Waals surface area contributed by atoms with Gasteiger partial charge in [0.15, 0.2) is 5.76 Å². The van der Waals surface area contributed by atoms with Gasteiger partial charge in [0.25, 0.3) is 0 Å². The van der Waals surface area contributed by atoms with Gasteiger partial charge in [0.2, 0.25) is 17.7 Å². The Hall–Kier alpha value is -3.48. The van der Waals surface area contributed by atoms with Crippen molar-refractivity contribution in [2.24, 2.45) is 0 Å². The Labute approximate surface area is 136 Å². The molecule has 0 amide bonds. The summed E-state index contributed by atoms with van der Waals surface area (Å²) in [6, 6.07) is 15.6. The predicted octanol–water partition coefficient (Wildman–Crippen LogP) is 3.75. The van der Waals surface area contributed by atoms with Crippen LogP contribution < -0.4 is 11.1 Å². The number of para-hydroxylation sites is 2. The highest BCUT2D eigenvalue weighted by atomic mass is 19.1. The summed E-state index contributed by atoms with van der Waals surface area (Å²) in [5.74, 6) is 0.476. The van der Waals surface area contributed by atoms with Crippen LogP contribution >= 0.6 is 0 Å². The molecule has 0 atom stereocenters. The van der Waals surface area contributed by atoms with Crippen molar-refractivity contribution in [2.75, 3.05) is 11.1 Å². The van der Waals surface area contributed by atoms with E-state index >= 15 is 0 Å². The second-order valence-electron chi connectivity index (χ2n) is 5.09. The average Bonchev–Trinajstić information content (AvgIpc) is 3.01. The highest BCUT2D eigenvalue weighted by Gasteiger charge is 2.13. The number of hydrogen-bond donors (Lipinski definition) is 2. The molecule has 0 saturated carbocycles. The van der Waals surface area contributed by atoms with Crippen molar-refractivity contribution < 1.29 is 8.81 Å². The number of benzene rings is 2. The maximum atomic E-state index is 13.8. The third-order valence-electron chi connectivity index (χ3n) is 3.42. The van der Waals surface area contributed by atoms with Crippen LogP contribution in [0.1, 0.15) is 0 Å². The minimum Gasteiger partial charge on any atom is -0.453 e. The first-order chi connectivity index (χ1) is 11.7. The standard InChI is InChI=1S/C17H12FN5O/c18-11-6-2-3-7-12(11)20-17-22-15(21-16(19)23-17)14-9-10-5-1-4-8-13(10)24-14/h1-9H,(H3,19,20,21,22,23). The second kappa shape index (κ2) is 5.62. The van der Waals surface area contributed by atoms with E-state index in [4.69, 9.17) is 10.2 Å². The summed E-state index contributed by atoms with van der Waals surface area (Å²) in [7, 11) is 0. The Morgan fingerprint density at radius 3 is 2.58 bits per heavy atom. The normalized spacial score (nSPS) is 10.9. The number of rotatable bonds is 3. The molecule has 0 aliphatic carbocycles. The molecule has 0 spiro atoms. The first-order valence-corrected chi connectivity index (χ1v) is 7.21. The Kier molecular flexibility index (Phi) is 3.31. The molecule has 0 aliphatic heterocycles. The quantitative estimate of drug-likeness (QED) is 0.597. The van der Waals surface area contributed by atoms with E-state index in [2.05, 4.69) is 20.3 Å². The van der Waals surface area contributed by atoms with Gasteiger partial charge in [0.1, 0.15) is 11.4 Å². The van der Waals surface area contributed by atoms with Crippen LogP contribution in [-0.2, 0) is 0 Å². The van der Waals surface area contributed by atoms with Gasteiger partial charge in [0.05, 0.1) is 5.69 Å². The molecule has 24 heavy (non-hydrogen) atoms. The van der Waals surface area contributed by atoms with Crippen LogP contribution in [0.5, 0.6) is 0 Å². The van der Waals surface area contributed by atoms with E-state index in [9.17, 15) is 4.39 Å². The predicted molar refractivity (Wildman–Crippen MR) is 89.1 cm³/mol. The Morgan fingerprint density at radius 2 is 1.75 bits per heavy atom. The van der Waals surface area contributed by atoms with Crippen molar-refractivity contribution in [1.82, 2.24) is 15.0 Å². The van der Waals surface area contributed by atoms with Crippen LogP contribution in [0.15, 0.2) is 59.0 Å². The first-order valence-electron chi connectivity index (χ1n) is 7.21. The fraction of sp³-hybridized carbons (Fsp3) is 0. The molecule has 2 aromatic heterocycles. The van der Waals surface area contributed by atoms with Crippen molar-refractivity contribution in [3.05, 3.63) is 60.4 Å². The van der Waals surface area contributed by atoms with Crippen LogP contribution in [0.25, 0.3) is 22.6 Å². The largest absolute Gasteiger partial charge is 0.453 e. The molecule has 3 N–H and O–H groups in total. The zero-order valence-corrected chi connectivity index (χ0v) is 12.4. The van der Waals surface area contributed by atoms with Crippen molar-refractivity contribution in [3.8, 4) is 11.6 Å². The number of nitrogens with two attached hydrogens (primary N) is 1. The fourth-order valence-corrected chi connectivity index (χ4v) is 2.33. The van der Waals surface area contributed by atoms with Gasteiger partial charge in [-0.05, 0) is 24.3 Å². The number of halogens is 1. The smallest absolute Gasteiger partial charge is 0.232 e. The molecule has 0 bridgehead atoms. The van der Waals surface area contributed by atoms with Gasteiger partial charge in [-0.25, -0.2) is 4.39 Å². The molecule has 4 rings (SSSR count). The Balaban J connectivity index is 1.74. The van der Waals surface area contributed by atoms with Gasteiger partial charge in [-0.1, -0.05) is 30.3 Å². The van der Waals surface area contributed by atoms with E-state index in [1.807, 2.05) is 30.3 Å². The fourth-order valence-electron chi connectivity index (χ4n) is 2.33. The molecule has 118 valence electrons. The molecule has 0 saturated heterocycles. The molecule has 0 unspecified atom stereocenters. The van der Waals surface area contributed by atoms with E-state index < -0.39 is 5.82 Å². The SMILES string of the molecule is Nc1nc(Nc2ccccc2F)nc(-c2cc3ccccc3o2)n1. The third kappa shape index (κ3) is 2.63. The number of fused-ring (bicyclic) bond motifs is 1. The molecule has 2 heterocycles. The highest BCUT2D eigenvalue weighted by molar-refractivity contribution is 5.81. The molecule has 4 aromatic rings. The zero-order valence-electron chi connectivity index (χ0n) is 12.4. The lowest BCUT2D eigenvalue weighted by Crippen LogP contribution is -2.05. The second-order valence-corrected chi connectivity index (χ2v) is 5.09. The number of anilines is 3. The number of nitrogens with zero attached hydrogens (tertiary/aromatic N) is 3. The van der Waals surface area contributed by atoms with E-state index in [0.29, 0.717) is 5.76 Å². The number of aromatic nitrogens is 3. The van der Waals surface area contributed by atoms with Gasteiger partial charge >= 0.3 is 0 Å². The van der Waals surface area contributed by atoms with E-state index in [1.165, 1.54) is 6.07 Å². The van der Waals surface area contributed by atoms with Crippen molar-refractivity contribution in [2.45, 2.75) is 0 Å². The molecular formula is C17H12FN5O. The highest BCUT2D eigenvalue weighted by Crippen LogP contribution is 2.26. The van der Waals surface area contributed by atoms with Gasteiger partial charge in [-0.3, -0.25) is 0 Å². The van der Waals surface area contributed by atoms with Crippen LogP contribution in [0, 0.1) is 5.82 Å². The van der Waals surface area contributed by atoms with E-state index in [-0.39, 0.29) is 23.4 Å². The lowest BCUT2D eigenvalue weighted by atomic mass is 10.2. The summed E-state index contributed by atoms with van der Waals surface area (Å²) >= 11 is 0. The van der Waals surface area contributed by atoms with Gasteiger partial charge in [0, 0.05) is 5.39 Å². The van der Waals surface area contributed by atoms with Crippen LogP contribution in [0.3, 0.4) is 0 Å². The third-order valence-corrected chi connectivity index (χ3v) is 3.42. The summed E-state index contributed by atoms with van der Waals surface area (Å²) < 4.78 is 19.5. The number of furan rings is 1. The monoisotopic (exact) mass is 321 g/mol. The summed E-state index contributed by atoms with van der Waals surface area (Å²) in [6.07, 6.45) is 0. The van der Waals surface area contributed by atoms with Gasteiger partial charge in [-0.2, -0.15) is 15.0 Å². The number of nitrogens with one attached hydrogen (secondary N) is 1. The summed E-state index contributed by atoms with van der Waals surface area (Å²) in [5.41, 5.74) is 6.71.